The maximum atomic E-state index is 5.77. The molecule has 82 valence electrons. The van der Waals surface area contributed by atoms with Crippen molar-refractivity contribution in [2.75, 3.05) is 5.73 Å². The number of nitrogens with two attached hydrogens (primary N) is 1. The van der Waals surface area contributed by atoms with Gasteiger partial charge >= 0.3 is 5.95 Å². The Balaban J connectivity index is 2.32. The van der Waals surface area contributed by atoms with Gasteiger partial charge < -0.3 is 5.73 Å². The predicted molar refractivity (Wildman–Crippen MR) is 61.6 cm³/mol. The molecule has 2 N–H and O–H groups in total. The van der Waals surface area contributed by atoms with E-state index in [9.17, 15) is 0 Å². The molecule has 0 aliphatic carbocycles. The smallest absolute Gasteiger partial charge is 0.397 e. The number of hydrogen-bond acceptors (Lipinski definition) is 3. The number of anilines is 1. The van der Waals surface area contributed by atoms with Crippen LogP contribution in [0.4, 0.5) is 17.3 Å². The topological polar surface area (TPSA) is 59.5 Å². The van der Waals surface area contributed by atoms with E-state index in [-0.39, 0.29) is 0 Å². The van der Waals surface area contributed by atoms with Crippen LogP contribution in [0, 0.1) is 0 Å². The van der Waals surface area contributed by atoms with Crippen LogP contribution in [0.5, 0.6) is 0 Å². The first-order chi connectivity index (χ1) is 7.68. The summed E-state index contributed by atoms with van der Waals surface area (Å²) in [5.41, 5.74) is 7.08. The van der Waals surface area contributed by atoms with Crippen molar-refractivity contribution in [3.8, 4) is 0 Å². The fourth-order valence-electron chi connectivity index (χ4n) is 1.40. The highest BCUT2D eigenvalue weighted by atomic mass is 15.3. The number of para-hydroxylation sites is 1. The van der Waals surface area contributed by atoms with Crippen molar-refractivity contribution in [2.24, 2.45) is 24.3 Å². The fourth-order valence-corrected chi connectivity index (χ4v) is 1.40. The number of benzene rings is 1. The van der Waals surface area contributed by atoms with Crippen LogP contribution >= 0.6 is 0 Å². The Hall–Kier alpha value is -2.17. The lowest BCUT2D eigenvalue weighted by Crippen LogP contribution is -2.25. The third kappa shape index (κ3) is 1.93. The molecule has 0 atom stereocenters. The molecule has 0 saturated heterocycles. The van der Waals surface area contributed by atoms with E-state index in [4.69, 9.17) is 5.73 Å². The Labute approximate surface area is 93.9 Å². The maximum absolute atomic E-state index is 5.77. The molecule has 5 nitrogen and oxygen atoms in total. The quantitative estimate of drug-likeness (QED) is 0.465. The summed E-state index contributed by atoms with van der Waals surface area (Å²) in [6.45, 7) is 0. The third-order valence-corrected chi connectivity index (χ3v) is 2.33. The van der Waals surface area contributed by atoms with Crippen molar-refractivity contribution < 1.29 is 4.57 Å². The molecular formula is C11H14N5+. The van der Waals surface area contributed by atoms with Gasteiger partial charge in [0.1, 0.15) is 5.69 Å². The van der Waals surface area contributed by atoms with Crippen molar-refractivity contribution in [2.45, 2.75) is 0 Å². The lowest BCUT2D eigenvalue weighted by atomic mass is 10.3. The van der Waals surface area contributed by atoms with E-state index in [0.717, 1.165) is 5.95 Å². The van der Waals surface area contributed by atoms with Crippen LogP contribution in [0.2, 0.25) is 0 Å². The van der Waals surface area contributed by atoms with Crippen molar-refractivity contribution in [3.05, 3.63) is 36.7 Å². The summed E-state index contributed by atoms with van der Waals surface area (Å²) >= 11 is 0. The first-order valence-electron chi connectivity index (χ1n) is 4.95. The van der Waals surface area contributed by atoms with Crippen molar-refractivity contribution >= 4 is 17.3 Å². The minimum absolute atomic E-state index is 0.628. The standard InChI is InChI=1S/C11H13N5/c1-15-7-8-16(2)11(15)14-13-10-6-4-3-5-9(10)12/h3-8,12H,1-2H3/p+1. The van der Waals surface area contributed by atoms with Gasteiger partial charge in [-0.15, -0.1) is 0 Å². The molecule has 0 aliphatic rings. The molecular weight excluding hydrogens is 202 g/mol. The van der Waals surface area contributed by atoms with Crippen molar-refractivity contribution in [3.63, 3.8) is 0 Å². The number of imidazole rings is 1. The molecule has 2 rings (SSSR count). The van der Waals surface area contributed by atoms with Crippen LogP contribution in [0.3, 0.4) is 0 Å². The van der Waals surface area contributed by atoms with Gasteiger partial charge in [-0.1, -0.05) is 17.2 Å². The minimum Gasteiger partial charge on any atom is -0.397 e. The number of nitrogens with zero attached hydrogens (tertiary/aromatic N) is 4. The lowest BCUT2D eigenvalue weighted by molar-refractivity contribution is -0.657. The molecule has 0 bridgehead atoms. The Morgan fingerprint density at radius 1 is 1.25 bits per heavy atom. The molecule has 0 radical (unpaired) electrons. The summed E-state index contributed by atoms with van der Waals surface area (Å²) in [6.07, 6.45) is 3.84. The summed E-state index contributed by atoms with van der Waals surface area (Å²) in [4.78, 5) is 0. The van der Waals surface area contributed by atoms with Gasteiger partial charge in [0.15, 0.2) is 0 Å². The SMILES string of the molecule is Cn1cc[n+](C)c1N=Nc1ccccc1N. The summed E-state index contributed by atoms with van der Waals surface area (Å²) in [6, 6.07) is 7.40. The van der Waals surface area contributed by atoms with E-state index < -0.39 is 0 Å². The van der Waals surface area contributed by atoms with Gasteiger partial charge in [-0.05, 0) is 12.1 Å². The molecule has 5 heteroatoms. The van der Waals surface area contributed by atoms with Crippen molar-refractivity contribution in [1.82, 2.24) is 4.57 Å². The average molecular weight is 216 g/mol. The summed E-state index contributed by atoms with van der Waals surface area (Å²) < 4.78 is 3.78. The molecule has 0 amide bonds. The van der Waals surface area contributed by atoms with E-state index in [2.05, 4.69) is 10.2 Å². The van der Waals surface area contributed by atoms with Crippen LogP contribution in [0.1, 0.15) is 0 Å². The molecule has 0 fully saturated rings. The van der Waals surface area contributed by atoms with Gasteiger partial charge in [0.2, 0.25) is 0 Å². The summed E-state index contributed by atoms with van der Waals surface area (Å²) in [5.74, 6) is 0.767. The number of hydrogen-bond donors (Lipinski definition) is 1. The van der Waals surface area contributed by atoms with E-state index >= 15 is 0 Å². The number of rotatable bonds is 2. The maximum Gasteiger partial charge on any atom is 0.421 e. The average Bonchev–Trinajstić information content (AvgIpc) is 2.58. The van der Waals surface area contributed by atoms with E-state index in [0.29, 0.717) is 11.4 Å². The highest BCUT2D eigenvalue weighted by Crippen LogP contribution is 2.22. The van der Waals surface area contributed by atoms with Gasteiger partial charge in [-0.25, -0.2) is 9.13 Å². The fraction of sp³-hybridized carbons (Fsp3) is 0.182. The normalized spacial score (nSPS) is 11.1. The molecule has 0 saturated carbocycles. The Bertz CT molecular complexity index is 507. The van der Waals surface area contributed by atoms with Crippen molar-refractivity contribution in [1.29, 1.82) is 0 Å². The van der Waals surface area contributed by atoms with Crippen LogP contribution < -0.4 is 10.3 Å². The van der Waals surface area contributed by atoms with Crippen LogP contribution in [-0.2, 0) is 14.1 Å². The van der Waals surface area contributed by atoms with E-state index in [1.54, 1.807) is 6.07 Å². The molecule has 1 aromatic heterocycles. The molecule has 0 spiro atoms. The zero-order valence-electron chi connectivity index (χ0n) is 9.33. The molecule has 0 aliphatic heterocycles. The highest BCUT2D eigenvalue weighted by molar-refractivity contribution is 5.61. The Morgan fingerprint density at radius 2 is 2.00 bits per heavy atom. The van der Waals surface area contributed by atoms with Gasteiger partial charge in [0.05, 0.1) is 32.2 Å². The Kier molecular flexibility index (Phi) is 2.68. The van der Waals surface area contributed by atoms with Gasteiger partial charge in [-0.2, -0.15) is 0 Å². The van der Waals surface area contributed by atoms with E-state index in [1.165, 1.54) is 0 Å². The molecule has 0 unspecified atom stereocenters. The zero-order valence-corrected chi connectivity index (χ0v) is 9.33. The molecule has 16 heavy (non-hydrogen) atoms. The number of nitrogen functional groups attached to an aromatic ring is 1. The first-order valence-corrected chi connectivity index (χ1v) is 4.95. The summed E-state index contributed by atoms with van der Waals surface area (Å²) in [5, 5.41) is 8.30. The second kappa shape index (κ2) is 4.14. The number of aryl methyl sites for hydroxylation is 2. The van der Waals surface area contributed by atoms with E-state index in [1.807, 2.05) is 53.8 Å². The number of aromatic nitrogens is 2. The second-order valence-electron chi connectivity index (χ2n) is 3.58. The first kappa shape index (κ1) is 10.4. The van der Waals surface area contributed by atoms with Gasteiger partial charge in [-0.3, -0.25) is 0 Å². The largest absolute Gasteiger partial charge is 0.421 e. The molecule has 1 aromatic carbocycles. The zero-order chi connectivity index (χ0) is 11.5. The van der Waals surface area contributed by atoms with Gasteiger partial charge in [0, 0.05) is 5.11 Å². The second-order valence-corrected chi connectivity index (χ2v) is 3.58. The van der Waals surface area contributed by atoms with Crippen LogP contribution in [-0.4, -0.2) is 4.57 Å². The van der Waals surface area contributed by atoms with Crippen LogP contribution in [0.25, 0.3) is 0 Å². The molecule has 2 aromatic rings. The molecule has 1 heterocycles. The third-order valence-electron chi connectivity index (χ3n) is 2.33. The Morgan fingerprint density at radius 3 is 2.62 bits per heavy atom. The monoisotopic (exact) mass is 216 g/mol. The predicted octanol–water partition coefficient (Wildman–Crippen LogP) is 1.85. The van der Waals surface area contributed by atoms with Gasteiger partial charge in [0.25, 0.3) is 0 Å². The summed E-state index contributed by atoms with van der Waals surface area (Å²) in [7, 11) is 3.84. The minimum atomic E-state index is 0.628. The van der Waals surface area contributed by atoms with Crippen LogP contribution in [0.15, 0.2) is 46.9 Å². The lowest BCUT2D eigenvalue weighted by Gasteiger charge is -1.94. The number of azo groups is 1. The highest BCUT2D eigenvalue weighted by Gasteiger charge is 2.10.